The van der Waals surface area contributed by atoms with Gasteiger partial charge in [0.2, 0.25) is 5.91 Å². The number of aromatic nitrogens is 4. The Morgan fingerprint density at radius 1 is 1.16 bits per heavy atom. The Balaban J connectivity index is 1.85. The molecule has 0 aromatic carbocycles. The number of aryl methyl sites for hydroxylation is 1. The molecule has 8 heteroatoms. The van der Waals surface area contributed by atoms with Crippen LogP contribution in [0.25, 0.3) is 33.5 Å². The van der Waals surface area contributed by atoms with Gasteiger partial charge in [-0.2, -0.15) is 0 Å². The van der Waals surface area contributed by atoms with Crippen LogP contribution >= 0.6 is 0 Å². The number of H-pyrrole nitrogens is 1. The topological polar surface area (TPSA) is 102 Å². The normalized spacial score (nSPS) is 12.0. The third-order valence-electron chi connectivity index (χ3n) is 4.87. The zero-order valence-electron chi connectivity index (χ0n) is 18.5. The zero-order chi connectivity index (χ0) is 22.7. The van der Waals surface area contributed by atoms with E-state index in [1.54, 1.807) is 19.5 Å². The molecule has 1 atom stereocenters. The van der Waals surface area contributed by atoms with Gasteiger partial charge in [0.25, 0.3) is 0 Å². The first-order valence-electron chi connectivity index (χ1n) is 10.3. The lowest BCUT2D eigenvalue weighted by molar-refractivity contribution is -0.114. The van der Waals surface area contributed by atoms with Gasteiger partial charge in [0, 0.05) is 38.1 Å². The van der Waals surface area contributed by atoms with Crippen molar-refractivity contribution in [2.75, 3.05) is 19.0 Å². The van der Waals surface area contributed by atoms with Crippen LogP contribution in [0.4, 0.5) is 5.82 Å². The number of aromatic amines is 1. The number of methoxy groups -OCH3 is 1. The van der Waals surface area contributed by atoms with Crippen molar-refractivity contribution in [3.63, 3.8) is 0 Å². The molecule has 1 amide bonds. The van der Waals surface area contributed by atoms with Gasteiger partial charge in [-0.15, -0.1) is 0 Å². The summed E-state index contributed by atoms with van der Waals surface area (Å²) in [7, 11) is 1.64. The Bertz CT molecular complexity index is 1250. The van der Waals surface area contributed by atoms with Crippen molar-refractivity contribution in [2.45, 2.75) is 26.9 Å². The van der Waals surface area contributed by atoms with E-state index in [2.05, 4.69) is 25.3 Å². The summed E-state index contributed by atoms with van der Waals surface area (Å²) in [6, 6.07) is 9.62. The Kier molecular flexibility index (Phi) is 6.13. The minimum absolute atomic E-state index is 0.104. The summed E-state index contributed by atoms with van der Waals surface area (Å²) in [5.74, 6) is 0.939. The van der Waals surface area contributed by atoms with E-state index in [4.69, 9.17) is 9.47 Å². The molecule has 0 aliphatic carbocycles. The fourth-order valence-corrected chi connectivity index (χ4v) is 3.54. The van der Waals surface area contributed by atoms with E-state index in [1.807, 2.05) is 50.4 Å². The first-order chi connectivity index (χ1) is 15.4. The minimum atomic E-state index is -0.180. The molecule has 4 aromatic rings. The summed E-state index contributed by atoms with van der Waals surface area (Å²) >= 11 is 0. The van der Waals surface area contributed by atoms with Crippen LogP contribution in [0, 0.1) is 6.92 Å². The molecule has 0 aliphatic rings. The second-order valence-corrected chi connectivity index (χ2v) is 7.66. The largest absolute Gasteiger partial charge is 0.487 e. The van der Waals surface area contributed by atoms with Crippen molar-refractivity contribution in [3.8, 4) is 28.3 Å². The van der Waals surface area contributed by atoms with Crippen molar-refractivity contribution in [3.05, 3.63) is 54.5 Å². The highest BCUT2D eigenvalue weighted by Crippen LogP contribution is 2.38. The van der Waals surface area contributed by atoms with Gasteiger partial charge < -0.3 is 19.8 Å². The van der Waals surface area contributed by atoms with E-state index in [-0.39, 0.29) is 12.0 Å². The molecule has 8 nitrogen and oxygen atoms in total. The molecule has 0 saturated carbocycles. The van der Waals surface area contributed by atoms with Crippen LogP contribution in [0.3, 0.4) is 0 Å². The maximum atomic E-state index is 11.5. The number of carbonyl (C=O) groups is 1. The van der Waals surface area contributed by atoms with Crippen molar-refractivity contribution >= 4 is 22.8 Å². The lowest BCUT2D eigenvalue weighted by Gasteiger charge is -2.13. The average Bonchev–Trinajstić information content (AvgIpc) is 3.13. The number of fused-ring (bicyclic) bond motifs is 1. The molecular formula is C24H25N5O3. The number of rotatable bonds is 7. The standard InChI is InChI=1S/C24H25N5O3/c1-14-5-6-19(26-11-14)22-23(17-7-8-25-21(9-17)28-16(3)30)29-20-10-18(12-27-24(20)22)32-15(2)13-31-4/h5-12,15,29H,13H2,1-4H3,(H,25,28,30). The molecule has 0 spiro atoms. The van der Waals surface area contributed by atoms with Crippen molar-refractivity contribution in [1.82, 2.24) is 19.9 Å². The van der Waals surface area contributed by atoms with Gasteiger partial charge in [-0.05, 0) is 37.6 Å². The smallest absolute Gasteiger partial charge is 0.222 e. The Labute approximate surface area is 186 Å². The summed E-state index contributed by atoms with van der Waals surface area (Å²) in [5.41, 5.74) is 6.02. The van der Waals surface area contributed by atoms with Gasteiger partial charge in [-0.3, -0.25) is 14.8 Å². The van der Waals surface area contributed by atoms with Gasteiger partial charge in [0.05, 0.1) is 40.8 Å². The van der Waals surface area contributed by atoms with E-state index in [9.17, 15) is 4.79 Å². The lowest BCUT2D eigenvalue weighted by Crippen LogP contribution is -2.17. The lowest BCUT2D eigenvalue weighted by atomic mass is 10.0. The minimum Gasteiger partial charge on any atom is -0.487 e. The molecule has 0 saturated heterocycles. The number of ether oxygens (including phenoxy) is 2. The molecule has 4 aromatic heterocycles. The molecule has 0 aliphatic heterocycles. The number of anilines is 1. The van der Waals surface area contributed by atoms with Crippen molar-refractivity contribution in [1.29, 1.82) is 0 Å². The number of nitrogens with one attached hydrogen (secondary N) is 2. The highest BCUT2D eigenvalue weighted by atomic mass is 16.5. The van der Waals surface area contributed by atoms with Crippen LogP contribution in [-0.2, 0) is 9.53 Å². The van der Waals surface area contributed by atoms with Crippen LogP contribution in [-0.4, -0.2) is 45.7 Å². The molecule has 2 N–H and O–H groups in total. The maximum absolute atomic E-state index is 11.5. The number of hydrogen-bond donors (Lipinski definition) is 2. The molecule has 32 heavy (non-hydrogen) atoms. The number of pyridine rings is 3. The van der Waals surface area contributed by atoms with E-state index in [1.165, 1.54) is 6.92 Å². The number of amides is 1. The quantitative estimate of drug-likeness (QED) is 0.451. The predicted octanol–water partition coefficient (Wildman–Crippen LogP) is 4.37. The Hall–Kier alpha value is -3.78. The summed E-state index contributed by atoms with van der Waals surface area (Å²) in [5, 5.41) is 2.73. The fraction of sp³-hybridized carbons (Fsp3) is 0.250. The average molecular weight is 431 g/mol. The van der Waals surface area contributed by atoms with E-state index in [0.717, 1.165) is 39.1 Å². The second-order valence-electron chi connectivity index (χ2n) is 7.66. The van der Waals surface area contributed by atoms with Crippen LogP contribution in [0.2, 0.25) is 0 Å². The Morgan fingerprint density at radius 2 is 2.00 bits per heavy atom. The van der Waals surface area contributed by atoms with Gasteiger partial charge in [0.1, 0.15) is 17.7 Å². The van der Waals surface area contributed by atoms with Crippen molar-refractivity contribution in [2.24, 2.45) is 0 Å². The predicted molar refractivity (Wildman–Crippen MR) is 124 cm³/mol. The number of hydrogen-bond acceptors (Lipinski definition) is 6. The monoisotopic (exact) mass is 431 g/mol. The molecule has 0 bridgehead atoms. The van der Waals surface area contributed by atoms with Crippen LogP contribution in [0.15, 0.2) is 48.9 Å². The third kappa shape index (κ3) is 4.60. The van der Waals surface area contributed by atoms with E-state index >= 15 is 0 Å². The summed E-state index contributed by atoms with van der Waals surface area (Å²) < 4.78 is 11.1. The summed E-state index contributed by atoms with van der Waals surface area (Å²) in [6.07, 6.45) is 5.09. The highest BCUT2D eigenvalue weighted by molar-refractivity contribution is 6.01. The van der Waals surface area contributed by atoms with Gasteiger partial charge in [-0.25, -0.2) is 4.98 Å². The fourth-order valence-electron chi connectivity index (χ4n) is 3.54. The number of nitrogens with zero attached hydrogens (tertiary/aromatic N) is 3. The summed E-state index contributed by atoms with van der Waals surface area (Å²) in [4.78, 5) is 28.5. The van der Waals surface area contributed by atoms with Gasteiger partial charge in [-0.1, -0.05) is 6.07 Å². The molecular weight excluding hydrogens is 406 g/mol. The molecule has 0 radical (unpaired) electrons. The van der Waals surface area contributed by atoms with E-state index < -0.39 is 0 Å². The molecule has 164 valence electrons. The molecule has 4 heterocycles. The van der Waals surface area contributed by atoms with Crippen molar-refractivity contribution < 1.29 is 14.3 Å². The van der Waals surface area contributed by atoms with Crippen LogP contribution in [0.1, 0.15) is 19.4 Å². The van der Waals surface area contributed by atoms with Gasteiger partial charge >= 0.3 is 0 Å². The van der Waals surface area contributed by atoms with Crippen LogP contribution in [0.5, 0.6) is 5.75 Å². The zero-order valence-corrected chi connectivity index (χ0v) is 18.5. The SMILES string of the molecule is COCC(C)Oc1cnc2c(-c3ccc(C)cn3)c(-c3ccnc(NC(C)=O)c3)[nH]c2c1. The second kappa shape index (κ2) is 9.15. The molecule has 0 fully saturated rings. The Morgan fingerprint density at radius 3 is 2.72 bits per heavy atom. The first-order valence-corrected chi connectivity index (χ1v) is 10.3. The van der Waals surface area contributed by atoms with Crippen LogP contribution < -0.4 is 10.1 Å². The molecule has 1 unspecified atom stereocenters. The summed E-state index contributed by atoms with van der Waals surface area (Å²) in [6.45, 7) is 5.87. The maximum Gasteiger partial charge on any atom is 0.222 e. The third-order valence-corrected chi connectivity index (χ3v) is 4.87. The number of carbonyl (C=O) groups excluding carboxylic acids is 1. The highest BCUT2D eigenvalue weighted by Gasteiger charge is 2.19. The van der Waals surface area contributed by atoms with Gasteiger partial charge in [0.15, 0.2) is 0 Å². The van der Waals surface area contributed by atoms with E-state index in [0.29, 0.717) is 18.2 Å². The molecule has 4 rings (SSSR count). The first kappa shape index (κ1) is 21.5.